The maximum Gasteiger partial charge on any atom is 0.354 e. The number of nitrogens with one attached hydrogen (secondary N) is 1. The van der Waals surface area contributed by atoms with E-state index in [9.17, 15) is 4.79 Å². The molecule has 5 heteroatoms. The maximum atomic E-state index is 10.7. The molecule has 86 valence electrons. The fraction of sp³-hybridized carbons (Fsp3) is 0.455. The first-order valence-corrected chi connectivity index (χ1v) is 5.26. The molecule has 0 aliphatic heterocycles. The first-order chi connectivity index (χ1) is 7.65. The number of aliphatic hydroxyl groups excluding tert-OH is 1. The standard InChI is InChI=1S/C11H14N2O3/c14-9-4-8(5-9)12-6-7-2-1-3-10(13-7)11(15)16/h1-3,8-9,12,14H,4-6H2,(H,15,16). The summed E-state index contributed by atoms with van der Waals surface area (Å²) >= 11 is 0. The molecule has 0 radical (unpaired) electrons. The molecule has 1 aromatic rings. The van der Waals surface area contributed by atoms with E-state index in [0.29, 0.717) is 18.3 Å². The molecule has 0 bridgehead atoms. The highest BCUT2D eigenvalue weighted by atomic mass is 16.4. The van der Waals surface area contributed by atoms with Crippen molar-refractivity contribution < 1.29 is 15.0 Å². The number of hydrogen-bond donors (Lipinski definition) is 3. The molecule has 2 rings (SSSR count). The minimum Gasteiger partial charge on any atom is -0.477 e. The summed E-state index contributed by atoms with van der Waals surface area (Å²) in [5.41, 5.74) is 0.772. The fourth-order valence-electron chi connectivity index (χ4n) is 1.70. The zero-order valence-corrected chi connectivity index (χ0v) is 8.76. The predicted molar refractivity (Wildman–Crippen MR) is 57.1 cm³/mol. The summed E-state index contributed by atoms with van der Waals surface area (Å²) in [6, 6.07) is 5.27. The summed E-state index contributed by atoms with van der Waals surface area (Å²) in [6.07, 6.45) is 1.34. The zero-order valence-electron chi connectivity index (χ0n) is 8.76. The Kier molecular flexibility index (Phi) is 3.17. The number of aliphatic hydroxyl groups is 1. The number of carbonyl (C=O) groups is 1. The van der Waals surface area contributed by atoms with Crippen LogP contribution in [-0.4, -0.2) is 33.3 Å². The van der Waals surface area contributed by atoms with Crippen LogP contribution in [-0.2, 0) is 6.54 Å². The molecule has 1 aromatic heterocycles. The van der Waals surface area contributed by atoms with Gasteiger partial charge in [-0.3, -0.25) is 0 Å². The van der Waals surface area contributed by atoms with Gasteiger partial charge in [-0.05, 0) is 25.0 Å². The topological polar surface area (TPSA) is 82.5 Å². The van der Waals surface area contributed by atoms with Gasteiger partial charge in [-0.25, -0.2) is 9.78 Å². The Morgan fingerprint density at radius 1 is 1.50 bits per heavy atom. The highest BCUT2D eigenvalue weighted by Gasteiger charge is 2.26. The van der Waals surface area contributed by atoms with Crippen LogP contribution in [0.3, 0.4) is 0 Å². The van der Waals surface area contributed by atoms with E-state index in [1.54, 1.807) is 12.1 Å². The number of hydrogen-bond acceptors (Lipinski definition) is 4. The quantitative estimate of drug-likeness (QED) is 0.686. The third-order valence-corrected chi connectivity index (χ3v) is 2.71. The molecule has 1 saturated carbocycles. The number of pyridine rings is 1. The van der Waals surface area contributed by atoms with Crippen LogP contribution in [0.15, 0.2) is 18.2 Å². The van der Waals surface area contributed by atoms with E-state index in [2.05, 4.69) is 10.3 Å². The van der Waals surface area contributed by atoms with Crippen molar-refractivity contribution in [2.45, 2.75) is 31.5 Å². The molecule has 1 heterocycles. The Bertz CT molecular complexity index is 389. The number of aromatic nitrogens is 1. The zero-order chi connectivity index (χ0) is 11.5. The van der Waals surface area contributed by atoms with Crippen molar-refractivity contribution in [1.29, 1.82) is 0 Å². The van der Waals surface area contributed by atoms with E-state index in [4.69, 9.17) is 10.2 Å². The van der Waals surface area contributed by atoms with Gasteiger partial charge in [0.05, 0.1) is 11.8 Å². The summed E-state index contributed by atoms with van der Waals surface area (Å²) in [4.78, 5) is 14.7. The Morgan fingerprint density at radius 2 is 2.25 bits per heavy atom. The molecular formula is C11H14N2O3. The highest BCUT2D eigenvalue weighted by molar-refractivity contribution is 5.85. The molecule has 0 saturated heterocycles. The van der Waals surface area contributed by atoms with Crippen LogP contribution in [0.2, 0.25) is 0 Å². The highest BCUT2D eigenvalue weighted by Crippen LogP contribution is 2.19. The van der Waals surface area contributed by atoms with Gasteiger partial charge in [-0.15, -0.1) is 0 Å². The Labute approximate surface area is 93.1 Å². The van der Waals surface area contributed by atoms with E-state index in [-0.39, 0.29) is 11.8 Å². The van der Waals surface area contributed by atoms with Crippen LogP contribution in [0.4, 0.5) is 0 Å². The van der Waals surface area contributed by atoms with Crippen LogP contribution >= 0.6 is 0 Å². The predicted octanol–water partition coefficient (Wildman–Crippen LogP) is 0.393. The third-order valence-electron chi connectivity index (χ3n) is 2.71. The lowest BCUT2D eigenvalue weighted by molar-refractivity contribution is 0.0618. The minimum absolute atomic E-state index is 0.0629. The largest absolute Gasteiger partial charge is 0.477 e. The van der Waals surface area contributed by atoms with Crippen molar-refractivity contribution in [3.63, 3.8) is 0 Å². The molecule has 1 aliphatic rings. The second-order valence-corrected chi connectivity index (χ2v) is 4.02. The lowest BCUT2D eigenvalue weighted by atomic mass is 9.89. The minimum atomic E-state index is -1.01. The average molecular weight is 222 g/mol. The van der Waals surface area contributed by atoms with Gasteiger partial charge in [-0.2, -0.15) is 0 Å². The Morgan fingerprint density at radius 3 is 2.88 bits per heavy atom. The van der Waals surface area contributed by atoms with Crippen LogP contribution in [0, 0.1) is 0 Å². The molecule has 0 atom stereocenters. The van der Waals surface area contributed by atoms with E-state index < -0.39 is 5.97 Å². The van der Waals surface area contributed by atoms with Gasteiger partial charge in [0, 0.05) is 12.6 Å². The Hall–Kier alpha value is -1.46. The molecule has 1 aliphatic carbocycles. The summed E-state index contributed by atoms with van der Waals surface area (Å²) in [5.74, 6) is -1.01. The number of carboxylic acid groups (broad SMARTS) is 1. The summed E-state index contributed by atoms with van der Waals surface area (Å²) < 4.78 is 0. The van der Waals surface area contributed by atoms with Gasteiger partial charge in [0.2, 0.25) is 0 Å². The SMILES string of the molecule is O=C(O)c1cccc(CNC2CC(O)C2)n1. The van der Waals surface area contributed by atoms with Crippen LogP contribution in [0.1, 0.15) is 29.0 Å². The lowest BCUT2D eigenvalue weighted by Crippen LogP contribution is -2.43. The average Bonchev–Trinajstić information content (AvgIpc) is 2.23. The molecule has 1 fully saturated rings. The van der Waals surface area contributed by atoms with Gasteiger partial charge in [0.25, 0.3) is 0 Å². The summed E-state index contributed by atoms with van der Waals surface area (Å²) in [6.45, 7) is 0.540. The van der Waals surface area contributed by atoms with Crippen molar-refractivity contribution in [1.82, 2.24) is 10.3 Å². The number of aromatic carboxylic acids is 1. The molecule has 0 unspecified atom stereocenters. The maximum absolute atomic E-state index is 10.7. The molecule has 0 amide bonds. The van der Waals surface area contributed by atoms with Gasteiger partial charge in [-0.1, -0.05) is 6.07 Å². The van der Waals surface area contributed by atoms with Gasteiger partial charge in [0.1, 0.15) is 5.69 Å². The van der Waals surface area contributed by atoms with Gasteiger partial charge < -0.3 is 15.5 Å². The Balaban J connectivity index is 1.89. The second-order valence-electron chi connectivity index (χ2n) is 4.02. The van der Waals surface area contributed by atoms with Crippen molar-refractivity contribution in [2.24, 2.45) is 0 Å². The summed E-state index contributed by atoms with van der Waals surface area (Å²) in [7, 11) is 0. The number of rotatable bonds is 4. The second kappa shape index (κ2) is 4.59. The van der Waals surface area contributed by atoms with Gasteiger partial charge >= 0.3 is 5.97 Å². The fourth-order valence-corrected chi connectivity index (χ4v) is 1.70. The van der Waals surface area contributed by atoms with Crippen molar-refractivity contribution in [2.75, 3.05) is 0 Å². The van der Waals surface area contributed by atoms with E-state index >= 15 is 0 Å². The lowest BCUT2D eigenvalue weighted by Gasteiger charge is -2.32. The monoisotopic (exact) mass is 222 g/mol. The van der Waals surface area contributed by atoms with Crippen LogP contribution < -0.4 is 5.32 Å². The number of nitrogens with zero attached hydrogens (tertiary/aromatic N) is 1. The van der Waals surface area contributed by atoms with Crippen molar-refractivity contribution in [3.8, 4) is 0 Å². The van der Waals surface area contributed by atoms with Crippen molar-refractivity contribution in [3.05, 3.63) is 29.6 Å². The third kappa shape index (κ3) is 2.56. The van der Waals surface area contributed by atoms with Gasteiger partial charge in [0.15, 0.2) is 0 Å². The molecule has 5 nitrogen and oxygen atoms in total. The van der Waals surface area contributed by atoms with Crippen LogP contribution in [0.5, 0.6) is 0 Å². The van der Waals surface area contributed by atoms with Crippen molar-refractivity contribution >= 4 is 5.97 Å². The normalized spacial score (nSPS) is 23.8. The van der Waals surface area contributed by atoms with E-state index in [1.165, 1.54) is 6.07 Å². The first kappa shape index (κ1) is 11.0. The smallest absolute Gasteiger partial charge is 0.354 e. The molecular weight excluding hydrogens is 208 g/mol. The molecule has 16 heavy (non-hydrogen) atoms. The molecule has 0 spiro atoms. The molecule has 0 aromatic carbocycles. The summed E-state index contributed by atoms with van der Waals surface area (Å²) in [5, 5.41) is 21.1. The van der Waals surface area contributed by atoms with E-state index in [0.717, 1.165) is 12.8 Å². The number of carboxylic acids is 1. The molecule has 3 N–H and O–H groups in total. The first-order valence-electron chi connectivity index (χ1n) is 5.26. The van der Waals surface area contributed by atoms with E-state index in [1.807, 2.05) is 0 Å². The van der Waals surface area contributed by atoms with Crippen LogP contribution in [0.25, 0.3) is 0 Å².